The smallest absolute Gasteiger partial charge is 0.255 e. The molecule has 6 N–H and O–H groups in total. The number of nitrogens with zero attached hydrogens (tertiary/aromatic N) is 3. The highest BCUT2D eigenvalue weighted by atomic mass is 16.5. The van der Waals surface area contributed by atoms with Crippen molar-refractivity contribution in [1.82, 2.24) is 9.80 Å². The summed E-state index contributed by atoms with van der Waals surface area (Å²) in [5, 5.41) is 45.7. The lowest BCUT2D eigenvalue weighted by Crippen LogP contribution is -2.65. The molecule has 0 unspecified atom stereocenters. The zero-order chi connectivity index (χ0) is 29.8. The number of methoxy groups -OCH3 is 1. The number of ether oxygens (including phenoxy) is 1. The van der Waals surface area contributed by atoms with Crippen LogP contribution in [0.15, 0.2) is 23.0 Å². The summed E-state index contributed by atoms with van der Waals surface area (Å²) >= 11 is 0. The Bertz CT molecular complexity index is 1330. The molecule has 12 heteroatoms. The van der Waals surface area contributed by atoms with Crippen molar-refractivity contribution >= 4 is 28.9 Å². The zero-order valence-corrected chi connectivity index (χ0v) is 23.7. The van der Waals surface area contributed by atoms with Crippen LogP contribution in [-0.2, 0) is 32.1 Å². The van der Waals surface area contributed by atoms with Crippen LogP contribution < -0.4 is 10.6 Å². The lowest BCUT2D eigenvalue weighted by molar-refractivity contribution is -0.153. The highest BCUT2D eigenvalue weighted by molar-refractivity contribution is 6.24. The lowest BCUT2D eigenvalue weighted by atomic mass is 9.57. The van der Waals surface area contributed by atoms with Crippen molar-refractivity contribution in [2.24, 2.45) is 17.6 Å². The predicted molar refractivity (Wildman–Crippen MR) is 147 cm³/mol. The van der Waals surface area contributed by atoms with Crippen LogP contribution in [0.4, 0.5) is 5.69 Å². The van der Waals surface area contributed by atoms with Gasteiger partial charge < -0.3 is 35.8 Å². The van der Waals surface area contributed by atoms with Gasteiger partial charge in [-0.2, -0.15) is 0 Å². The number of ketones is 2. The number of fused-ring (bicyclic) bond motifs is 3. The minimum Gasteiger partial charge on any atom is -0.508 e. The van der Waals surface area contributed by atoms with Gasteiger partial charge in [0.1, 0.15) is 22.8 Å². The quantitative estimate of drug-likeness (QED) is 0.274. The van der Waals surface area contributed by atoms with Gasteiger partial charge in [-0.05, 0) is 51.5 Å². The number of benzene rings is 1. The van der Waals surface area contributed by atoms with Gasteiger partial charge in [-0.15, -0.1) is 0 Å². The van der Waals surface area contributed by atoms with Gasteiger partial charge in [0.15, 0.2) is 11.4 Å². The fraction of sp³-hybridized carbons (Fsp3) is 0.536. The first kappa shape index (κ1) is 29.5. The third kappa shape index (κ3) is 4.35. The molecule has 1 aromatic carbocycles. The number of rotatable bonds is 8. The van der Waals surface area contributed by atoms with E-state index in [-0.39, 0.29) is 29.7 Å². The van der Waals surface area contributed by atoms with Gasteiger partial charge in [0, 0.05) is 57.0 Å². The second-order valence-corrected chi connectivity index (χ2v) is 11.3. The molecule has 3 aliphatic rings. The minimum absolute atomic E-state index is 0.0426. The van der Waals surface area contributed by atoms with E-state index in [1.54, 1.807) is 21.2 Å². The summed E-state index contributed by atoms with van der Waals surface area (Å²) in [4.78, 5) is 44.7. The van der Waals surface area contributed by atoms with Crippen molar-refractivity contribution in [3.63, 3.8) is 0 Å². The third-order valence-corrected chi connectivity index (χ3v) is 8.38. The van der Waals surface area contributed by atoms with Gasteiger partial charge in [-0.25, -0.2) is 0 Å². The van der Waals surface area contributed by atoms with Crippen molar-refractivity contribution in [1.29, 1.82) is 0 Å². The number of likely N-dealkylation sites (N-methyl/N-ethyl adjacent to an activating group) is 2. The van der Waals surface area contributed by atoms with Gasteiger partial charge in [-0.1, -0.05) is 0 Å². The van der Waals surface area contributed by atoms with E-state index < -0.39 is 58.0 Å². The average Bonchev–Trinajstić information content (AvgIpc) is 2.85. The van der Waals surface area contributed by atoms with Gasteiger partial charge in [0.25, 0.3) is 5.91 Å². The molecule has 4 atom stereocenters. The Balaban J connectivity index is 1.93. The first-order valence-corrected chi connectivity index (χ1v) is 13.1. The maximum absolute atomic E-state index is 14.0. The molecule has 0 aromatic heterocycles. The number of aliphatic hydroxyl groups excluding tert-OH is 2. The van der Waals surface area contributed by atoms with Gasteiger partial charge in [0.2, 0.25) is 5.78 Å². The highest BCUT2D eigenvalue weighted by Gasteiger charge is 2.64. The zero-order valence-electron chi connectivity index (χ0n) is 23.7. The van der Waals surface area contributed by atoms with Gasteiger partial charge in [-0.3, -0.25) is 24.2 Å². The molecule has 0 aliphatic heterocycles. The normalized spacial score (nSPS) is 26.3. The van der Waals surface area contributed by atoms with Crippen LogP contribution >= 0.6 is 0 Å². The molecule has 0 heterocycles. The van der Waals surface area contributed by atoms with Crippen LogP contribution in [0.3, 0.4) is 0 Å². The van der Waals surface area contributed by atoms with Crippen molar-refractivity contribution < 1.29 is 39.5 Å². The highest BCUT2D eigenvalue weighted by Crippen LogP contribution is 2.54. The second kappa shape index (κ2) is 10.5. The number of Topliss-reactive ketones (excluding diaryl/α,β-unsaturated/α-hetero) is 2. The maximum Gasteiger partial charge on any atom is 0.255 e. The van der Waals surface area contributed by atoms with Crippen LogP contribution in [0.1, 0.15) is 23.1 Å². The molecule has 0 bridgehead atoms. The number of hydrogen-bond donors (Lipinski definition) is 5. The fourth-order valence-electron chi connectivity index (χ4n) is 6.48. The number of aliphatic hydroxyl groups is 3. The first-order valence-electron chi connectivity index (χ1n) is 13.1. The van der Waals surface area contributed by atoms with E-state index in [2.05, 4.69) is 0 Å². The van der Waals surface area contributed by atoms with Gasteiger partial charge >= 0.3 is 0 Å². The van der Waals surface area contributed by atoms with Crippen LogP contribution in [0.25, 0.3) is 5.76 Å². The SMILES string of the molecule is COCCN(C)Cc1cc(N(C)C)c2c(c1O)C(O)=C1C(=O)[C@]3(O)C(O)=C(C(N)=O)C(=O)[C@@H](N(C)C)[C@@H]3C[C@@H]1C2. The Morgan fingerprint density at radius 2 is 1.80 bits per heavy atom. The molecule has 0 radical (unpaired) electrons. The van der Waals surface area contributed by atoms with E-state index in [9.17, 15) is 34.8 Å². The van der Waals surface area contributed by atoms with Crippen molar-refractivity contribution in [3.05, 3.63) is 39.7 Å². The minimum atomic E-state index is -2.66. The van der Waals surface area contributed by atoms with Crippen LogP contribution in [0.5, 0.6) is 5.75 Å². The van der Waals surface area contributed by atoms with E-state index in [0.29, 0.717) is 30.8 Å². The molecule has 1 saturated carbocycles. The molecule has 40 heavy (non-hydrogen) atoms. The Labute approximate surface area is 232 Å². The number of nitrogens with two attached hydrogens (primary N) is 1. The van der Waals surface area contributed by atoms with Crippen LogP contribution in [0, 0.1) is 11.8 Å². The lowest BCUT2D eigenvalue weighted by Gasteiger charge is -2.50. The number of anilines is 1. The molecule has 218 valence electrons. The van der Waals surface area contributed by atoms with Crippen LogP contribution in [-0.4, -0.2) is 115 Å². The number of hydrogen-bond acceptors (Lipinski definition) is 11. The Morgan fingerprint density at radius 1 is 1.15 bits per heavy atom. The predicted octanol–water partition coefficient (Wildman–Crippen LogP) is 0.108. The number of aromatic hydroxyl groups is 1. The number of carbonyl (C=O) groups is 3. The summed E-state index contributed by atoms with van der Waals surface area (Å²) in [6, 6.07) is 0.723. The molecule has 0 saturated heterocycles. The standard InChI is InChI=1S/C28H38N4O8/c1-30(2)17-11-14(12-32(5)7-8-40-6)22(33)19-15(17)9-13-10-16-21(31(3)4)24(35)20(27(29)38)26(37)28(16,39)25(36)18(13)23(19)34/h11,13,16,21,33-34,37,39H,7-10,12H2,1-6H3,(H2,29,38)/t13-,16-,21-,28-/m0/s1. The Hall–Kier alpha value is -3.45. The summed E-state index contributed by atoms with van der Waals surface area (Å²) in [5.74, 6) is -6.61. The van der Waals surface area contributed by atoms with Crippen molar-refractivity contribution in [2.75, 3.05) is 60.4 Å². The summed E-state index contributed by atoms with van der Waals surface area (Å²) in [6.07, 6.45) is 0.274. The molecule has 1 fully saturated rings. The molecule has 0 spiro atoms. The molecule has 4 rings (SSSR count). The third-order valence-electron chi connectivity index (χ3n) is 8.38. The summed E-state index contributed by atoms with van der Waals surface area (Å²) in [5.41, 5.74) is 3.67. The van der Waals surface area contributed by atoms with Gasteiger partial charge in [0.05, 0.1) is 18.2 Å². The maximum atomic E-state index is 14.0. The molecule has 3 aliphatic carbocycles. The number of primary amides is 1. The second-order valence-electron chi connectivity index (χ2n) is 11.3. The van der Waals surface area contributed by atoms with E-state index in [1.807, 2.05) is 37.0 Å². The summed E-state index contributed by atoms with van der Waals surface area (Å²) in [7, 11) is 10.3. The molecule has 1 amide bonds. The van der Waals surface area contributed by atoms with Crippen LogP contribution in [0.2, 0.25) is 0 Å². The summed E-state index contributed by atoms with van der Waals surface area (Å²) < 4.78 is 5.14. The fourth-order valence-corrected chi connectivity index (χ4v) is 6.48. The van der Waals surface area contributed by atoms with Crippen molar-refractivity contribution in [3.8, 4) is 5.75 Å². The number of amides is 1. The Kier molecular flexibility index (Phi) is 7.76. The number of phenols is 1. The molecule has 12 nitrogen and oxygen atoms in total. The van der Waals surface area contributed by atoms with E-state index >= 15 is 0 Å². The average molecular weight is 559 g/mol. The first-order chi connectivity index (χ1) is 18.7. The van der Waals surface area contributed by atoms with E-state index in [4.69, 9.17) is 10.5 Å². The largest absolute Gasteiger partial charge is 0.508 e. The molecule has 1 aromatic rings. The monoisotopic (exact) mass is 558 g/mol. The topological polar surface area (TPSA) is 177 Å². The number of phenolic OH excluding ortho intramolecular Hbond substituents is 1. The van der Waals surface area contributed by atoms with E-state index in [0.717, 1.165) is 5.69 Å². The number of carbonyl (C=O) groups excluding carboxylic acids is 3. The molecular formula is C28H38N4O8. The summed E-state index contributed by atoms with van der Waals surface area (Å²) in [6.45, 7) is 1.40. The Morgan fingerprint density at radius 3 is 2.35 bits per heavy atom. The molecular weight excluding hydrogens is 520 g/mol. The van der Waals surface area contributed by atoms with Crippen molar-refractivity contribution in [2.45, 2.75) is 31.0 Å². The van der Waals surface area contributed by atoms with E-state index in [1.165, 1.54) is 4.90 Å².